The van der Waals surface area contributed by atoms with Crippen LogP contribution in [-0.4, -0.2) is 92.1 Å². The second-order valence-corrected chi connectivity index (χ2v) is 9.35. The van der Waals surface area contributed by atoms with Gasteiger partial charge in [0.2, 0.25) is 5.88 Å². The number of fused-ring (bicyclic) bond motifs is 1. The molecular formula is C22H28ClN7O5. The number of halogens is 1. The molecule has 0 saturated carbocycles. The van der Waals surface area contributed by atoms with Gasteiger partial charge in [0.1, 0.15) is 28.0 Å². The number of aromatic nitrogens is 5. The van der Waals surface area contributed by atoms with Crippen molar-refractivity contribution in [3.63, 3.8) is 0 Å². The number of piperidine rings is 1. The van der Waals surface area contributed by atoms with Crippen molar-refractivity contribution in [3.05, 3.63) is 23.0 Å². The lowest BCUT2D eigenvalue weighted by molar-refractivity contribution is 0.0598. The van der Waals surface area contributed by atoms with E-state index in [1.165, 1.54) is 6.20 Å². The Morgan fingerprint density at radius 3 is 2.69 bits per heavy atom. The number of H-pyrrole nitrogens is 1. The van der Waals surface area contributed by atoms with E-state index in [-0.39, 0.29) is 29.0 Å². The topological polar surface area (TPSA) is 176 Å². The molecule has 2 fully saturated rings. The van der Waals surface area contributed by atoms with Crippen molar-refractivity contribution in [1.29, 1.82) is 0 Å². The van der Waals surface area contributed by atoms with Crippen molar-refractivity contribution in [2.45, 2.75) is 31.6 Å². The summed E-state index contributed by atoms with van der Waals surface area (Å²) in [6.45, 7) is 1.66. The monoisotopic (exact) mass is 505 g/mol. The molecule has 1 atom stereocenters. The molecule has 6 N–H and O–H groups in total. The van der Waals surface area contributed by atoms with Crippen molar-refractivity contribution >= 4 is 28.6 Å². The summed E-state index contributed by atoms with van der Waals surface area (Å²) in [5.74, 6) is 0.660. The van der Waals surface area contributed by atoms with Crippen LogP contribution in [0, 0.1) is 5.41 Å². The van der Waals surface area contributed by atoms with Gasteiger partial charge in [0, 0.05) is 36.3 Å². The number of aliphatic hydroxyl groups excluding tert-OH is 3. The maximum Gasteiger partial charge on any atom is 0.233 e. The first-order chi connectivity index (χ1) is 17.0. The molecule has 13 heteroatoms. The summed E-state index contributed by atoms with van der Waals surface area (Å²) in [7, 11) is 0. The molecule has 0 radical (unpaired) electrons. The van der Waals surface area contributed by atoms with Crippen LogP contribution >= 0.6 is 11.6 Å². The van der Waals surface area contributed by atoms with Gasteiger partial charge in [-0.3, -0.25) is 5.10 Å². The molecule has 2 aliphatic heterocycles. The van der Waals surface area contributed by atoms with E-state index in [4.69, 9.17) is 31.8 Å². The van der Waals surface area contributed by atoms with Gasteiger partial charge in [-0.15, -0.1) is 0 Å². The Labute approximate surface area is 206 Å². The highest BCUT2D eigenvalue weighted by Crippen LogP contribution is 2.40. The van der Waals surface area contributed by atoms with Crippen molar-refractivity contribution in [1.82, 2.24) is 25.1 Å². The third kappa shape index (κ3) is 4.30. The number of ether oxygens (including phenoxy) is 2. The smallest absolute Gasteiger partial charge is 0.233 e. The molecule has 0 bridgehead atoms. The predicted molar refractivity (Wildman–Crippen MR) is 127 cm³/mol. The molecule has 2 aliphatic rings. The first kappa shape index (κ1) is 24.1. The van der Waals surface area contributed by atoms with Gasteiger partial charge in [-0.25, -0.2) is 15.0 Å². The standard InChI is InChI=1S/C22H28ClN7O5/c23-16-13(1-4-25-21(16)35-12(7-31)8-32)17-18-19(29-28-17)27-20(14(9-33)26-18)30-5-2-22(3-6-30)11-34-10-15(22)24/h1,4,12,15,31-33H,2-3,5-11,24H2,(H,27,28,29)/t15-/m1/s1. The molecule has 0 unspecified atom stereocenters. The van der Waals surface area contributed by atoms with Crippen LogP contribution in [0.25, 0.3) is 22.4 Å². The minimum atomic E-state index is -0.858. The van der Waals surface area contributed by atoms with Gasteiger partial charge >= 0.3 is 0 Å². The largest absolute Gasteiger partial charge is 0.468 e. The van der Waals surface area contributed by atoms with Crippen molar-refractivity contribution in [2.24, 2.45) is 11.1 Å². The van der Waals surface area contributed by atoms with Crippen LogP contribution in [-0.2, 0) is 11.3 Å². The van der Waals surface area contributed by atoms with Crippen LogP contribution in [0.1, 0.15) is 18.5 Å². The van der Waals surface area contributed by atoms with E-state index in [9.17, 15) is 15.3 Å². The number of hydrogen-bond acceptors (Lipinski definition) is 11. The van der Waals surface area contributed by atoms with E-state index >= 15 is 0 Å². The predicted octanol–water partition coefficient (Wildman–Crippen LogP) is 0.237. The maximum atomic E-state index is 10.1. The number of aliphatic hydroxyl groups is 3. The lowest BCUT2D eigenvalue weighted by Crippen LogP contribution is -2.49. The molecule has 0 aliphatic carbocycles. The van der Waals surface area contributed by atoms with Crippen LogP contribution in [0.15, 0.2) is 12.3 Å². The first-order valence-electron chi connectivity index (χ1n) is 11.5. The van der Waals surface area contributed by atoms with E-state index in [1.807, 2.05) is 0 Å². The summed E-state index contributed by atoms with van der Waals surface area (Å²) in [6, 6.07) is 1.69. The summed E-state index contributed by atoms with van der Waals surface area (Å²) in [5.41, 5.74) is 8.54. The fraction of sp³-hybridized carbons (Fsp3) is 0.545. The Hall–Kier alpha value is -2.61. The average molecular weight is 506 g/mol. The number of aromatic amines is 1. The van der Waals surface area contributed by atoms with Gasteiger partial charge in [0.05, 0.1) is 33.0 Å². The first-order valence-corrected chi connectivity index (χ1v) is 11.8. The molecule has 188 valence electrons. The molecule has 5 heterocycles. The van der Waals surface area contributed by atoms with Crippen molar-refractivity contribution in [3.8, 4) is 17.1 Å². The highest BCUT2D eigenvalue weighted by Gasteiger charge is 2.44. The number of anilines is 1. The Kier molecular flexibility index (Phi) is 6.75. The Balaban J connectivity index is 1.46. The quantitative estimate of drug-likeness (QED) is 0.297. The summed E-state index contributed by atoms with van der Waals surface area (Å²) in [6.07, 6.45) is 2.39. The van der Waals surface area contributed by atoms with Gasteiger partial charge in [-0.1, -0.05) is 11.6 Å². The van der Waals surface area contributed by atoms with Crippen LogP contribution in [0.2, 0.25) is 5.02 Å². The van der Waals surface area contributed by atoms with Crippen LogP contribution in [0.3, 0.4) is 0 Å². The third-order valence-electron chi connectivity index (χ3n) is 6.92. The number of nitrogens with two attached hydrogens (primary N) is 1. The van der Waals surface area contributed by atoms with E-state index in [0.29, 0.717) is 47.1 Å². The molecule has 5 rings (SSSR count). The summed E-state index contributed by atoms with van der Waals surface area (Å²) < 4.78 is 11.1. The fourth-order valence-electron chi connectivity index (χ4n) is 4.74. The van der Waals surface area contributed by atoms with Crippen molar-refractivity contribution in [2.75, 3.05) is 44.4 Å². The minimum absolute atomic E-state index is 0.00248. The molecule has 0 aromatic carbocycles. The van der Waals surface area contributed by atoms with E-state index in [2.05, 4.69) is 25.1 Å². The number of pyridine rings is 1. The lowest BCUT2D eigenvalue weighted by atomic mass is 9.75. The summed E-state index contributed by atoms with van der Waals surface area (Å²) >= 11 is 6.53. The van der Waals surface area contributed by atoms with E-state index in [1.54, 1.807) is 6.07 Å². The number of rotatable bonds is 7. The molecule has 12 nitrogen and oxygen atoms in total. The summed E-state index contributed by atoms with van der Waals surface area (Å²) in [4.78, 5) is 15.6. The Morgan fingerprint density at radius 2 is 2.03 bits per heavy atom. The van der Waals surface area contributed by atoms with Crippen LogP contribution in [0.5, 0.6) is 5.88 Å². The molecular weight excluding hydrogens is 478 g/mol. The SMILES string of the molecule is N[C@@H]1COCC12CCN(c1nc3[nH]nc(-c4ccnc(OC(CO)CO)c4Cl)c3nc1CO)CC2. The van der Waals surface area contributed by atoms with Gasteiger partial charge in [0.25, 0.3) is 0 Å². The molecule has 3 aromatic heterocycles. The van der Waals surface area contributed by atoms with Crippen molar-refractivity contribution < 1.29 is 24.8 Å². The van der Waals surface area contributed by atoms with Gasteiger partial charge in [-0.05, 0) is 18.9 Å². The molecule has 3 aromatic rings. The third-order valence-corrected chi connectivity index (χ3v) is 7.29. The zero-order chi connectivity index (χ0) is 24.6. The molecule has 2 saturated heterocycles. The van der Waals surface area contributed by atoms with E-state index < -0.39 is 19.3 Å². The molecule has 35 heavy (non-hydrogen) atoms. The average Bonchev–Trinajstić information content (AvgIpc) is 3.46. The number of hydrogen-bond donors (Lipinski definition) is 5. The molecule has 1 spiro atoms. The van der Waals surface area contributed by atoms with Crippen LogP contribution < -0.4 is 15.4 Å². The van der Waals surface area contributed by atoms with Gasteiger partial charge < -0.3 is 35.4 Å². The summed E-state index contributed by atoms with van der Waals surface area (Å²) in [5, 5.41) is 36.1. The Bertz CT molecular complexity index is 1200. The van der Waals surface area contributed by atoms with E-state index in [0.717, 1.165) is 25.9 Å². The Morgan fingerprint density at radius 1 is 1.26 bits per heavy atom. The highest BCUT2D eigenvalue weighted by atomic mass is 35.5. The lowest BCUT2D eigenvalue weighted by Gasteiger charge is -2.41. The van der Waals surface area contributed by atoms with Crippen LogP contribution in [0.4, 0.5) is 5.82 Å². The second kappa shape index (κ2) is 9.80. The minimum Gasteiger partial charge on any atom is -0.468 e. The number of nitrogens with zero attached hydrogens (tertiary/aromatic N) is 5. The zero-order valence-electron chi connectivity index (χ0n) is 19.0. The molecule has 0 amide bonds. The number of nitrogens with one attached hydrogen (secondary N) is 1. The maximum absolute atomic E-state index is 10.1. The normalized spacial score (nSPS) is 19.8. The fourth-order valence-corrected chi connectivity index (χ4v) is 4.99. The zero-order valence-corrected chi connectivity index (χ0v) is 19.8. The second-order valence-electron chi connectivity index (χ2n) is 8.98. The highest BCUT2D eigenvalue weighted by molar-refractivity contribution is 6.34. The van der Waals surface area contributed by atoms with Gasteiger partial charge in [-0.2, -0.15) is 5.10 Å². The van der Waals surface area contributed by atoms with Gasteiger partial charge in [0.15, 0.2) is 11.5 Å².